The van der Waals surface area contributed by atoms with E-state index in [9.17, 15) is 23.9 Å². The molecule has 0 aliphatic rings. The Balaban J connectivity index is -0.0000000635. The molecular formula is C26H50NNa2O8P. The molecular weight excluding hydrogens is 531 g/mol. The van der Waals surface area contributed by atoms with Gasteiger partial charge < -0.3 is 34.5 Å². The molecule has 214 valence electrons. The molecule has 9 nitrogen and oxygen atoms in total. The Labute approximate surface area is 286 Å². The van der Waals surface area contributed by atoms with Crippen LogP contribution in [0, 0.1) is 71.0 Å². The van der Waals surface area contributed by atoms with Crippen molar-refractivity contribution in [2.24, 2.45) is 0 Å². The van der Waals surface area contributed by atoms with E-state index < -0.39 is 39.1 Å². The van der Waals surface area contributed by atoms with E-state index >= 15 is 0 Å². The molecule has 0 saturated heterocycles. The molecule has 0 aliphatic carbocycles. The fourth-order valence-corrected chi connectivity index (χ4v) is 2.53. The van der Waals surface area contributed by atoms with Crippen molar-refractivity contribution in [2.45, 2.75) is 64.9 Å². The number of rotatable bonds is 13. The van der Waals surface area contributed by atoms with Crippen LogP contribution in [0.15, 0.2) is 0 Å². The second-order valence-corrected chi connectivity index (χ2v) is 7.75. The minimum absolute atomic E-state index is 0. The minimum Gasteiger partial charge on any atom is -0.790 e. The summed E-state index contributed by atoms with van der Waals surface area (Å²) in [4.78, 5) is 45.1. The van der Waals surface area contributed by atoms with E-state index in [2.05, 4.69) is 82.5 Å². The van der Waals surface area contributed by atoms with Crippen molar-refractivity contribution in [3.8, 4) is 71.0 Å². The van der Waals surface area contributed by atoms with E-state index in [1.807, 2.05) is 0 Å². The standard InChI is InChI=1S/C26H27O8P.H3N.2Na.11H2/c1-3-5-7-9-11-12-13-14-15-17-18-20-25(27)32-22-24(23-33-35(29,30)31)34-26(28)21-19-16-10-8-6-4-2;;;;;;;;;;;;;;/h24H,4,6,8,10,16,19,21-23H2,1-2H3,(H2,29,30,31);1H3;;;11*1H/q;;2*+1;;;;;;;;;;;/p-2/t24-;;;;;;;;;;;;;;/m0............../s1. The van der Waals surface area contributed by atoms with Crippen molar-refractivity contribution in [3.63, 3.8) is 0 Å². The Morgan fingerprint density at radius 3 is 1.84 bits per heavy atom. The van der Waals surface area contributed by atoms with Crippen LogP contribution in [0.25, 0.3) is 0 Å². The third-order valence-electron chi connectivity index (χ3n) is 3.70. The van der Waals surface area contributed by atoms with Crippen LogP contribution >= 0.6 is 7.82 Å². The van der Waals surface area contributed by atoms with Crippen molar-refractivity contribution in [1.82, 2.24) is 6.15 Å². The average molecular weight is 582 g/mol. The van der Waals surface area contributed by atoms with E-state index in [1.54, 1.807) is 6.92 Å². The maximum atomic E-state index is 12.0. The predicted octanol–water partition coefficient (Wildman–Crippen LogP) is -2.05. The quantitative estimate of drug-likeness (QED) is 0.0645. The summed E-state index contributed by atoms with van der Waals surface area (Å²) in [6.45, 7) is 2.42. The molecule has 0 aromatic carbocycles. The molecule has 0 bridgehead atoms. The Hall–Kier alpha value is -1.63. The molecule has 0 aromatic rings. The van der Waals surface area contributed by atoms with Crippen LogP contribution in [0.4, 0.5) is 0 Å². The van der Waals surface area contributed by atoms with Crippen LogP contribution in [0.5, 0.6) is 0 Å². The van der Waals surface area contributed by atoms with Crippen molar-refractivity contribution in [3.05, 3.63) is 0 Å². The topological polar surface area (TPSA) is 160 Å². The molecule has 0 saturated carbocycles. The van der Waals surface area contributed by atoms with Gasteiger partial charge in [0.1, 0.15) is 6.61 Å². The summed E-state index contributed by atoms with van der Waals surface area (Å²) in [5.74, 6) is 27.0. The number of carbonyl (C=O) groups excluding carboxylic acids is 2. The first-order valence-electron chi connectivity index (χ1n) is 10.7. The van der Waals surface area contributed by atoms with Gasteiger partial charge in [-0.2, -0.15) is 0 Å². The molecule has 0 aromatic heterocycles. The van der Waals surface area contributed by atoms with Gasteiger partial charge in [0.2, 0.25) is 0 Å². The van der Waals surface area contributed by atoms with Crippen LogP contribution in [0.3, 0.4) is 0 Å². The fourth-order valence-electron chi connectivity index (χ4n) is 2.18. The van der Waals surface area contributed by atoms with Crippen molar-refractivity contribution in [2.75, 3.05) is 13.2 Å². The number of esters is 2. The van der Waals surface area contributed by atoms with Gasteiger partial charge in [-0.05, 0) is 72.5 Å². The molecule has 12 heteroatoms. The summed E-state index contributed by atoms with van der Waals surface area (Å²) < 4.78 is 24.7. The number of hydrogen-bond donors (Lipinski definition) is 1. The number of hydrogen-bond acceptors (Lipinski definition) is 9. The molecule has 0 amide bonds. The van der Waals surface area contributed by atoms with Crippen molar-refractivity contribution < 1.29 is 113 Å². The summed E-state index contributed by atoms with van der Waals surface area (Å²) in [6.07, 6.45) is 4.56. The summed E-state index contributed by atoms with van der Waals surface area (Å²) >= 11 is 0. The zero-order valence-corrected chi connectivity index (χ0v) is 27.3. The molecule has 38 heavy (non-hydrogen) atoms. The second kappa shape index (κ2) is 29.9. The summed E-state index contributed by atoms with van der Waals surface area (Å²) in [7, 11) is -5.30. The number of phosphoric acid groups is 1. The third-order valence-corrected chi connectivity index (χ3v) is 4.17. The van der Waals surface area contributed by atoms with E-state index in [1.165, 1.54) is 0 Å². The monoisotopic (exact) mass is 581 g/mol. The normalized spacial score (nSPS) is 8.95. The Morgan fingerprint density at radius 2 is 1.32 bits per heavy atom. The van der Waals surface area contributed by atoms with Gasteiger partial charge in [0.15, 0.2) is 6.10 Å². The Kier molecular flexibility index (Phi) is 34.2. The molecule has 0 radical (unpaired) electrons. The molecule has 0 aliphatic heterocycles. The van der Waals surface area contributed by atoms with Crippen LogP contribution < -0.4 is 75.1 Å². The van der Waals surface area contributed by atoms with Gasteiger partial charge in [0.05, 0.1) is 14.4 Å². The van der Waals surface area contributed by atoms with Gasteiger partial charge in [0, 0.05) is 28.0 Å². The van der Waals surface area contributed by atoms with Gasteiger partial charge >= 0.3 is 71.1 Å². The summed E-state index contributed by atoms with van der Waals surface area (Å²) in [5.41, 5.74) is 0. The van der Waals surface area contributed by atoms with E-state index in [0.29, 0.717) is 6.42 Å². The van der Waals surface area contributed by atoms with Crippen LogP contribution in [-0.4, -0.2) is 31.3 Å². The largest absolute Gasteiger partial charge is 1.00 e. The Morgan fingerprint density at radius 1 is 0.816 bits per heavy atom. The minimum atomic E-state index is -5.30. The summed E-state index contributed by atoms with van der Waals surface area (Å²) in [5, 5.41) is 0. The van der Waals surface area contributed by atoms with Crippen LogP contribution in [0.1, 0.15) is 74.5 Å². The zero-order chi connectivity index (χ0) is 26.2. The number of phosphoric ester groups is 1. The molecule has 0 heterocycles. The smallest absolute Gasteiger partial charge is 0.790 e. The first kappa shape index (κ1) is 43.4. The Bertz CT molecular complexity index is 1170. The second-order valence-electron chi connectivity index (χ2n) is 6.60. The van der Waals surface area contributed by atoms with Crippen LogP contribution in [0.2, 0.25) is 0 Å². The molecule has 0 rings (SSSR count). The third kappa shape index (κ3) is 32.4. The van der Waals surface area contributed by atoms with Gasteiger partial charge in [0.25, 0.3) is 0 Å². The van der Waals surface area contributed by atoms with Gasteiger partial charge in [-0.15, -0.1) is 0 Å². The molecule has 0 fully saturated rings. The number of ether oxygens (including phenoxy) is 2. The number of unbranched alkanes of at least 4 members (excludes halogenated alkanes) is 5. The zero-order valence-electron chi connectivity index (χ0n) is 22.4. The van der Waals surface area contributed by atoms with E-state index in [0.717, 1.165) is 32.1 Å². The first-order chi connectivity index (χ1) is 16.8. The van der Waals surface area contributed by atoms with Crippen LogP contribution in [-0.2, 0) is 28.2 Å². The first-order valence-corrected chi connectivity index (χ1v) is 12.2. The SMILES string of the molecule is CC#CC#CC#CC#CC#CC#CC(=O)OC[C@@H](COP(=O)([O-])[O-])OC(=O)CCCCCCCC.N.[HH].[HH].[HH].[HH].[HH].[HH].[HH].[HH].[HH].[HH].[HH].[Na+].[Na+]. The molecule has 0 unspecified atom stereocenters. The predicted molar refractivity (Wildman–Crippen MR) is 153 cm³/mol. The summed E-state index contributed by atoms with van der Waals surface area (Å²) in [6, 6.07) is 0. The maximum Gasteiger partial charge on any atom is 1.00 e. The molecule has 1 atom stereocenters. The maximum absolute atomic E-state index is 12.0. The van der Waals surface area contributed by atoms with Crippen molar-refractivity contribution in [1.29, 1.82) is 0 Å². The van der Waals surface area contributed by atoms with Crippen molar-refractivity contribution >= 4 is 19.8 Å². The van der Waals surface area contributed by atoms with E-state index in [-0.39, 0.29) is 87.4 Å². The number of carbonyl (C=O) groups is 2. The van der Waals surface area contributed by atoms with Gasteiger partial charge in [-0.3, -0.25) is 4.79 Å². The molecule has 3 N–H and O–H groups in total. The van der Waals surface area contributed by atoms with Gasteiger partial charge in [-0.1, -0.05) is 44.9 Å². The molecule has 0 spiro atoms. The average Bonchev–Trinajstić information content (AvgIpc) is 2.81. The van der Waals surface area contributed by atoms with E-state index in [4.69, 9.17) is 9.47 Å². The fraction of sp³-hybridized carbons (Fsp3) is 0.462. The van der Waals surface area contributed by atoms with Gasteiger partial charge in [-0.25, -0.2) is 4.79 Å².